The van der Waals surface area contributed by atoms with Gasteiger partial charge in [0.15, 0.2) is 0 Å². The number of pyridine rings is 1. The highest BCUT2D eigenvalue weighted by molar-refractivity contribution is 6.17. The topological polar surface area (TPSA) is 30.7 Å². The predicted octanol–water partition coefficient (Wildman–Crippen LogP) is 2.93. The third kappa shape index (κ3) is 1.83. The second-order valence-corrected chi connectivity index (χ2v) is 4.10. The number of rotatable bonds is 2. The van der Waals surface area contributed by atoms with Gasteiger partial charge in [-0.05, 0) is 32.4 Å². The van der Waals surface area contributed by atoms with E-state index in [9.17, 15) is 0 Å². The maximum atomic E-state index is 5.81. The van der Waals surface area contributed by atoms with E-state index >= 15 is 0 Å². The Balaban J connectivity index is 2.49. The molecule has 0 amide bonds. The van der Waals surface area contributed by atoms with E-state index in [1.54, 1.807) is 6.33 Å². The number of aromatic nitrogens is 3. The molecule has 2 aromatic heterocycles. The normalized spacial score (nSPS) is 10.8. The molecule has 0 aliphatic carbocycles. The van der Waals surface area contributed by atoms with Crippen molar-refractivity contribution in [2.24, 2.45) is 0 Å². The second-order valence-electron chi connectivity index (χ2n) is 3.83. The van der Waals surface area contributed by atoms with Gasteiger partial charge in [-0.25, -0.2) is 9.97 Å². The lowest BCUT2D eigenvalue weighted by Crippen LogP contribution is -2.01. The molecular weight excluding hydrogens is 222 g/mol. The van der Waals surface area contributed by atoms with E-state index in [1.807, 2.05) is 37.5 Å². The summed E-state index contributed by atoms with van der Waals surface area (Å²) in [4.78, 5) is 8.79. The van der Waals surface area contributed by atoms with E-state index in [2.05, 4.69) is 9.97 Å². The minimum absolute atomic E-state index is 0.501. The molecule has 0 atom stereocenters. The van der Waals surface area contributed by atoms with Crippen molar-refractivity contribution in [2.75, 3.05) is 0 Å². The van der Waals surface area contributed by atoms with E-state index in [1.165, 1.54) is 0 Å². The van der Waals surface area contributed by atoms with Crippen LogP contribution < -0.4 is 0 Å². The first-order valence-electron chi connectivity index (χ1n) is 5.17. The van der Waals surface area contributed by atoms with Crippen molar-refractivity contribution in [2.45, 2.75) is 26.7 Å². The molecule has 4 heteroatoms. The van der Waals surface area contributed by atoms with Crippen molar-refractivity contribution in [3.63, 3.8) is 0 Å². The van der Waals surface area contributed by atoms with Gasteiger partial charge in [0, 0.05) is 17.3 Å². The number of aryl methyl sites for hydroxylation is 2. The summed E-state index contributed by atoms with van der Waals surface area (Å²) in [6.07, 6.45) is 1.80. The summed E-state index contributed by atoms with van der Waals surface area (Å²) in [6.45, 7) is 6.00. The van der Waals surface area contributed by atoms with Gasteiger partial charge >= 0.3 is 0 Å². The Morgan fingerprint density at radius 1 is 1.19 bits per heavy atom. The fourth-order valence-electron chi connectivity index (χ4n) is 1.58. The summed E-state index contributed by atoms with van der Waals surface area (Å²) in [5.41, 5.74) is 4.18. The minimum atomic E-state index is 0.501. The average Bonchev–Trinajstić information content (AvgIpc) is 2.60. The molecule has 0 spiro atoms. The van der Waals surface area contributed by atoms with Crippen molar-refractivity contribution in [1.29, 1.82) is 0 Å². The maximum Gasteiger partial charge on any atom is 0.138 e. The smallest absolute Gasteiger partial charge is 0.138 e. The molecule has 0 radical (unpaired) electrons. The molecule has 0 fully saturated rings. The molecule has 16 heavy (non-hydrogen) atoms. The van der Waals surface area contributed by atoms with Crippen molar-refractivity contribution in [1.82, 2.24) is 14.5 Å². The van der Waals surface area contributed by atoms with Crippen LogP contribution in [0, 0.1) is 20.8 Å². The van der Waals surface area contributed by atoms with Crippen LogP contribution >= 0.6 is 11.6 Å². The average molecular weight is 236 g/mol. The van der Waals surface area contributed by atoms with Gasteiger partial charge < -0.3 is 0 Å². The first-order chi connectivity index (χ1) is 7.63. The Bertz CT molecular complexity index is 517. The predicted molar refractivity (Wildman–Crippen MR) is 65.1 cm³/mol. The van der Waals surface area contributed by atoms with Crippen molar-refractivity contribution in [3.8, 4) is 5.82 Å². The highest BCUT2D eigenvalue weighted by Gasteiger charge is 2.07. The lowest BCUT2D eigenvalue weighted by molar-refractivity contribution is 0.931. The Labute approximate surface area is 100 Å². The summed E-state index contributed by atoms with van der Waals surface area (Å²) in [5.74, 6) is 1.39. The molecule has 0 N–H and O–H groups in total. The summed E-state index contributed by atoms with van der Waals surface area (Å²) >= 11 is 5.81. The van der Waals surface area contributed by atoms with Gasteiger partial charge in [0.25, 0.3) is 0 Å². The Hall–Kier alpha value is -1.35. The molecule has 0 bridgehead atoms. The largest absolute Gasteiger partial charge is 0.287 e. The van der Waals surface area contributed by atoms with Crippen LogP contribution in [0.4, 0.5) is 0 Å². The first-order valence-corrected chi connectivity index (χ1v) is 5.70. The fraction of sp³-hybridized carbons (Fsp3) is 0.333. The summed E-state index contributed by atoms with van der Waals surface area (Å²) in [6, 6.07) is 3.98. The van der Waals surface area contributed by atoms with E-state index < -0.39 is 0 Å². The Morgan fingerprint density at radius 3 is 2.44 bits per heavy atom. The molecule has 0 saturated heterocycles. The molecule has 0 aromatic carbocycles. The van der Waals surface area contributed by atoms with Crippen LogP contribution in [0.25, 0.3) is 5.82 Å². The number of imidazole rings is 1. The molecule has 0 unspecified atom stereocenters. The third-order valence-corrected chi connectivity index (χ3v) is 3.11. The van der Waals surface area contributed by atoms with Crippen LogP contribution in [-0.2, 0) is 5.88 Å². The van der Waals surface area contributed by atoms with Crippen LogP contribution in [0.15, 0.2) is 18.5 Å². The lowest BCUT2D eigenvalue weighted by atomic mass is 10.2. The van der Waals surface area contributed by atoms with Crippen LogP contribution in [0.1, 0.15) is 22.6 Å². The molecule has 0 aliphatic heterocycles. The monoisotopic (exact) mass is 235 g/mol. The fourth-order valence-corrected chi connectivity index (χ4v) is 1.86. The molecule has 3 nitrogen and oxygen atoms in total. The minimum Gasteiger partial charge on any atom is -0.287 e. The van der Waals surface area contributed by atoms with Crippen LogP contribution in [-0.4, -0.2) is 14.5 Å². The summed E-state index contributed by atoms with van der Waals surface area (Å²) < 4.78 is 1.99. The van der Waals surface area contributed by atoms with Gasteiger partial charge in [0.05, 0.1) is 5.69 Å². The molecule has 2 rings (SSSR count). The lowest BCUT2D eigenvalue weighted by Gasteiger charge is -2.07. The van der Waals surface area contributed by atoms with Gasteiger partial charge in [0.2, 0.25) is 0 Å². The molecule has 2 heterocycles. The highest BCUT2D eigenvalue weighted by atomic mass is 35.5. The number of hydrogen-bond donors (Lipinski definition) is 0. The molecule has 84 valence electrons. The quantitative estimate of drug-likeness (QED) is 0.750. The van der Waals surface area contributed by atoms with E-state index in [-0.39, 0.29) is 0 Å². The Kier molecular flexibility index (Phi) is 2.97. The summed E-state index contributed by atoms with van der Waals surface area (Å²) in [7, 11) is 0. The zero-order chi connectivity index (χ0) is 11.7. The first kappa shape index (κ1) is 11.1. The van der Waals surface area contributed by atoms with E-state index in [0.29, 0.717) is 5.88 Å². The number of halogens is 1. The number of hydrogen-bond acceptors (Lipinski definition) is 2. The highest BCUT2D eigenvalue weighted by Crippen LogP contribution is 2.15. The summed E-state index contributed by atoms with van der Waals surface area (Å²) in [5, 5.41) is 0. The molecule has 2 aromatic rings. The van der Waals surface area contributed by atoms with E-state index in [4.69, 9.17) is 11.6 Å². The van der Waals surface area contributed by atoms with E-state index in [0.717, 1.165) is 28.5 Å². The second kappa shape index (κ2) is 4.26. The van der Waals surface area contributed by atoms with Crippen LogP contribution in [0.5, 0.6) is 0 Å². The maximum absolute atomic E-state index is 5.81. The third-order valence-electron chi connectivity index (χ3n) is 2.82. The molecular formula is C12H14ClN3. The number of nitrogens with zero attached hydrogens (tertiary/aromatic N) is 3. The van der Waals surface area contributed by atoms with Crippen molar-refractivity contribution < 1.29 is 0 Å². The van der Waals surface area contributed by atoms with Gasteiger partial charge in [-0.15, -0.1) is 11.6 Å². The van der Waals surface area contributed by atoms with Gasteiger partial charge in [-0.3, -0.25) is 4.57 Å². The van der Waals surface area contributed by atoms with Crippen molar-refractivity contribution >= 4 is 11.6 Å². The van der Waals surface area contributed by atoms with Crippen molar-refractivity contribution in [3.05, 3.63) is 41.1 Å². The van der Waals surface area contributed by atoms with Gasteiger partial charge in [0.1, 0.15) is 12.1 Å². The van der Waals surface area contributed by atoms with Gasteiger partial charge in [-0.1, -0.05) is 6.07 Å². The van der Waals surface area contributed by atoms with Crippen LogP contribution in [0.2, 0.25) is 0 Å². The standard InChI is InChI=1S/C12H14ClN3/c1-8-10(3)16(7-14-8)12-5-4-11(6-13)9(2)15-12/h4-5,7H,6H2,1-3H3. The zero-order valence-electron chi connectivity index (χ0n) is 9.66. The molecule has 0 aliphatic rings. The Morgan fingerprint density at radius 2 is 1.94 bits per heavy atom. The van der Waals surface area contributed by atoms with Gasteiger partial charge in [-0.2, -0.15) is 0 Å². The molecule has 0 saturated carbocycles. The number of alkyl halides is 1. The zero-order valence-corrected chi connectivity index (χ0v) is 10.4. The SMILES string of the molecule is Cc1nc(-n2cnc(C)c2C)ccc1CCl. The van der Waals surface area contributed by atoms with Crippen LogP contribution in [0.3, 0.4) is 0 Å².